The van der Waals surface area contributed by atoms with Crippen LogP contribution in [0.4, 0.5) is 0 Å². The molecule has 2 heterocycles. The van der Waals surface area contributed by atoms with Crippen LogP contribution in [-0.4, -0.2) is 36.6 Å². The molecular formula is C34H46B2O4. The van der Waals surface area contributed by atoms with Gasteiger partial charge in [0.05, 0.1) is 22.4 Å². The van der Waals surface area contributed by atoms with Crippen LogP contribution in [0.15, 0.2) is 24.3 Å². The van der Waals surface area contributed by atoms with Gasteiger partial charge in [-0.15, -0.1) is 0 Å². The van der Waals surface area contributed by atoms with E-state index in [9.17, 15) is 0 Å². The summed E-state index contributed by atoms with van der Waals surface area (Å²) in [5.74, 6) is 13.6. The molecule has 0 radical (unpaired) electrons. The summed E-state index contributed by atoms with van der Waals surface area (Å²) < 4.78 is 24.8. The van der Waals surface area contributed by atoms with Crippen molar-refractivity contribution in [1.29, 1.82) is 0 Å². The van der Waals surface area contributed by atoms with Crippen molar-refractivity contribution in [3.63, 3.8) is 0 Å². The zero-order chi connectivity index (χ0) is 30.1. The first-order chi connectivity index (χ1) is 18.1. The zero-order valence-electron chi connectivity index (χ0n) is 27.1. The fourth-order valence-corrected chi connectivity index (χ4v) is 4.99. The summed E-state index contributed by atoms with van der Waals surface area (Å²) in [7, 11) is -1.19. The van der Waals surface area contributed by atoms with Crippen LogP contribution in [0.1, 0.15) is 119 Å². The van der Waals surface area contributed by atoms with Crippen LogP contribution in [0.25, 0.3) is 10.8 Å². The quantitative estimate of drug-likeness (QED) is 0.258. The maximum absolute atomic E-state index is 6.19. The first-order valence-electron chi connectivity index (χ1n) is 14.4. The largest absolute Gasteiger partial charge is 0.551 e. The van der Waals surface area contributed by atoms with E-state index in [1.54, 1.807) is 0 Å². The van der Waals surface area contributed by atoms with Crippen LogP contribution in [0, 0.1) is 23.5 Å². The lowest BCUT2D eigenvalue weighted by Crippen LogP contribution is -2.41. The lowest BCUT2D eigenvalue weighted by Gasteiger charge is -2.32. The Labute approximate surface area is 243 Å². The molecule has 2 aliphatic rings. The average Bonchev–Trinajstić information content (AvgIpc) is 3.12. The van der Waals surface area contributed by atoms with E-state index in [2.05, 4.69) is 89.3 Å². The first kappa shape index (κ1) is 30.7. The monoisotopic (exact) mass is 540 g/mol. The highest BCUT2D eigenvalue weighted by atomic mass is 16.7. The zero-order valence-corrected chi connectivity index (χ0v) is 27.1. The van der Waals surface area contributed by atoms with Crippen molar-refractivity contribution in [3.8, 4) is 23.5 Å². The molecule has 2 aromatic carbocycles. The van der Waals surface area contributed by atoms with Crippen LogP contribution in [0.2, 0.25) is 0 Å². The van der Waals surface area contributed by atoms with Crippen molar-refractivity contribution < 1.29 is 18.6 Å². The molecule has 2 aromatic rings. The molecule has 0 saturated carbocycles. The van der Waals surface area contributed by atoms with Gasteiger partial charge in [-0.3, -0.25) is 0 Å². The molecule has 4 rings (SSSR count). The van der Waals surface area contributed by atoms with Crippen LogP contribution >= 0.6 is 0 Å². The smallest absolute Gasteiger partial charge is 0.392 e. The third-order valence-electron chi connectivity index (χ3n) is 8.95. The lowest BCUT2D eigenvalue weighted by molar-refractivity contribution is 0.00578. The fraction of sp³-hybridized carbons (Fsp3) is 0.588. The molecule has 0 amide bonds. The first-order valence-corrected chi connectivity index (χ1v) is 14.4. The SMILES string of the molecule is CC(C)(C)c1ccc2c(C#CB3OC(C)(C)C(C)(C)O3)c(C(C)(C)C)ccc2c1C#CB1OC(C)(C)C(C)(C)O1. The summed E-state index contributed by atoms with van der Waals surface area (Å²) in [5.41, 5.74) is 2.38. The van der Waals surface area contributed by atoms with Crippen LogP contribution in [0.3, 0.4) is 0 Å². The molecule has 0 aromatic heterocycles. The maximum atomic E-state index is 6.19. The van der Waals surface area contributed by atoms with E-state index < -0.39 is 36.6 Å². The van der Waals surface area contributed by atoms with Gasteiger partial charge < -0.3 is 18.6 Å². The molecule has 0 spiro atoms. The van der Waals surface area contributed by atoms with Crippen LogP contribution < -0.4 is 0 Å². The highest BCUT2D eigenvalue weighted by Crippen LogP contribution is 2.39. The molecule has 0 N–H and O–H groups in total. The third-order valence-corrected chi connectivity index (χ3v) is 8.95. The molecular weight excluding hydrogens is 494 g/mol. The summed E-state index contributed by atoms with van der Waals surface area (Å²) in [6.07, 6.45) is 0. The fourth-order valence-electron chi connectivity index (χ4n) is 4.99. The van der Waals surface area contributed by atoms with Gasteiger partial charge in [0.1, 0.15) is 0 Å². The minimum absolute atomic E-state index is 0.106. The molecule has 40 heavy (non-hydrogen) atoms. The molecule has 0 atom stereocenters. The average molecular weight is 540 g/mol. The molecule has 0 aliphatic carbocycles. The van der Waals surface area contributed by atoms with Crippen molar-refractivity contribution in [2.24, 2.45) is 0 Å². The number of hydrogen-bond donors (Lipinski definition) is 0. The molecule has 4 nitrogen and oxygen atoms in total. The highest BCUT2D eigenvalue weighted by molar-refractivity contribution is 6.56. The Morgan fingerprint density at radius 2 is 0.775 bits per heavy atom. The maximum Gasteiger partial charge on any atom is 0.551 e. The van der Waals surface area contributed by atoms with Gasteiger partial charge in [-0.25, -0.2) is 0 Å². The number of fused-ring (bicyclic) bond motifs is 1. The van der Waals surface area contributed by atoms with Gasteiger partial charge in [0.25, 0.3) is 0 Å². The normalized spacial score (nSPS) is 21.1. The van der Waals surface area contributed by atoms with E-state index in [1.807, 2.05) is 55.4 Å². The van der Waals surface area contributed by atoms with Crippen LogP contribution in [0.5, 0.6) is 0 Å². The van der Waals surface area contributed by atoms with Gasteiger partial charge >= 0.3 is 14.2 Å². The van der Waals surface area contributed by atoms with Gasteiger partial charge in [0.2, 0.25) is 0 Å². The standard InChI is InChI=1S/C34H46B2O4/c1-29(2,3)27-17-15-24-23(25(27)19-21-35-37-31(7,8)32(9,10)38-35)16-18-28(30(4,5)6)26(24)20-22-36-39-33(11,12)34(13,14)40-36/h15-18H,1-14H3. The molecule has 6 heteroatoms. The minimum Gasteiger partial charge on any atom is -0.392 e. The predicted octanol–water partition coefficient (Wildman–Crippen LogP) is 7.40. The minimum atomic E-state index is -0.593. The Hall–Kier alpha value is -2.21. The Kier molecular flexibility index (Phi) is 7.44. The van der Waals surface area contributed by atoms with Gasteiger partial charge in [-0.05, 0) is 88.1 Å². The van der Waals surface area contributed by atoms with Gasteiger partial charge in [0.15, 0.2) is 0 Å². The highest BCUT2D eigenvalue weighted by Gasteiger charge is 2.51. The second-order valence-corrected chi connectivity index (χ2v) is 15.3. The number of hydrogen-bond acceptors (Lipinski definition) is 4. The van der Waals surface area contributed by atoms with Crippen LogP contribution in [-0.2, 0) is 29.4 Å². The summed E-state index contributed by atoms with van der Waals surface area (Å²) in [6.45, 7) is 29.7. The summed E-state index contributed by atoms with van der Waals surface area (Å²) >= 11 is 0. The topological polar surface area (TPSA) is 36.9 Å². The Bertz CT molecular complexity index is 1300. The second kappa shape index (κ2) is 9.68. The van der Waals surface area contributed by atoms with E-state index >= 15 is 0 Å². The molecule has 2 saturated heterocycles. The molecule has 2 fully saturated rings. The van der Waals surface area contributed by atoms with Gasteiger partial charge in [-0.2, -0.15) is 0 Å². The number of benzene rings is 2. The van der Waals surface area contributed by atoms with E-state index in [4.69, 9.17) is 18.6 Å². The van der Waals surface area contributed by atoms with Crippen molar-refractivity contribution in [1.82, 2.24) is 0 Å². The Morgan fingerprint density at radius 1 is 0.500 bits per heavy atom. The lowest BCUT2D eigenvalue weighted by atomic mass is 9.77. The third kappa shape index (κ3) is 5.62. The van der Waals surface area contributed by atoms with Gasteiger partial charge in [-0.1, -0.05) is 89.3 Å². The Balaban J connectivity index is 1.90. The van der Waals surface area contributed by atoms with Crippen molar-refractivity contribution in [2.75, 3.05) is 0 Å². The van der Waals surface area contributed by atoms with Crippen molar-refractivity contribution in [2.45, 2.75) is 130 Å². The van der Waals surface area contributed by atoms with E-state index in [0.717, 1.165) is 21.9 Å². The molecule has 2 aliphatic heterocycles. The summed E-state index contributed by atoms with van der Waals surface area (Å²) in [6, 6.07) is 8.78. The van der Waals surface area contributed by atoms with Crippen molar-refractivity contribution in [3.05, 3.63) is 46.5 Å². The molecule has 0 bridgehead atoms. The number of rotatable bonds is 0. The molecule has 0 unspecified atom stereocenters. The summed E-state index contributed by atoms with van der Waals surface area (Å²) in [5, 5.41) is 2.14. The van der Waals surface area contributed by atoms with Crippen molar-refractivity contribution >= 4 is 25.0 Å². The Morgan fingerprint density at radius 3 is 1.02 bits per heavy atom. The predicted molar refractivity (Wildman–Crippen MR) is 167 cm³/mol. The second-order valence-electron chi connectivity index (χ2n) is 15.3. The molecule has 212 valence electrons. The van der Waals surface area contributed by atoms with E-state index in [-0.39, 0.29) is 10.8 Å². The van der Waals surface area contributed by atoms with E-state index in [1.165, 1.54) is 11.1 Å². The van der Waals surface area contributed by atoms with E-state index in [0.29, 0.717) is 0 Å². The summed E-state index contributed by atoms with van der Waals surface area (Å²) in [4.78, 5) is 0. The van der Waals surface area contributed by atoms with Gasteiger partial charge in [0, 0.05) is 11.1 Å².